The number of hydrogen-bond acceptors (Lipinski definition) is 2. The highest BCUT2D eigenvalue weighted by molar-refractivity contribution is 8.27. The highest BCUT2D eigenvalue weighted by Crippen LogP contribution is 1.89. The van der Waals surface area contributed by atoms with Crippen molar-refractivity contribution in [1.82, 2.24) is 0 Å². The van der Waals surface area contributed by atoms with Crippen molar-refractivity contribution >= 4 is 20.9 Å². The van der Waals surface area contributed by atoms with Crippen molar-refractivity contribution in [3.05, 3.63) is 23.8 Å². The lowest BCUT2D eigenvalue weighted by Crippen LogP contribution is -1.80. The Bertz CT molecular complexity index is 138. The van der Waals surface area contributed by atoms with E-state index in [2.05, 4.69) is 0 Å². The lowest BCUT2D eigenvalue weighted by molar-refractivity contribution is 0.564. The molecular formula is C6H10OS2. The minimum absolute atomic E-state index is 0.454. The van der Waals surface area contributed by atoms with Gasteiger partial charge in [0.25, 0.3) is 0 Å². The van der Waals surface area contributed by atoms with Crippen LogP contribution in [0.25, 0.3) is 0 Å². The van der Waals surface area contributed by atoms with E-state index in [0.29, 0.717) is 0 Å². The van der Waals surface area contributed by atoms with Crippen LogP contribution in [0.1, 0.15) is 13.8 Å². The highest BCUT2D eigenvalue weighted by Gasteiger charge is 1.78. The van der Waals surface area contributed by atoms with Crippen LogP contribution in [0.3, 0.4) is 0 Å². The van der Waals surface area contributed by atoms with Gasteiger partial charge in [0, 0.05) is 5.41 Å². The fourth-order valence-electron chi connectivity index (χ4n) is 0.253. The maximum Gasteiger partial charge on any atom is 0.0975 e. The molecule has 52 valence electrons. The van der Waals surface area contributed by atoms with Crippen LogP contribution in [0.2, 0.25) is 0 Å². The molecule has 0 aliphatic rings. The minimum Gasteiger partial charge on any atom is -0.428 e. The van der Waals surface area contributed by atoms with Crippen LogP contribution in [0.5, 0.6) is 0 Å². The highest BCUT2D eigenvalue weighted by atomic mass is 32.8. The third kappa shape index (κ3) is 5.73. The summed E-state index contributed by atoms with van der Waals surface area (Å²) in [7, 11) is -0.454. The van der Waals surface area contributed by atoms with Crippen LogP contribution in [-0.4, -0.2) is 0 Å². The van der Waals surface area contributed by atoms with Crippen LogP contribution >= 0.6 is 0 Å². The van der Waals surface area contributed by atoms with Gasteiger partial charge in [-0.3, -0.25) is 0 Å². The molecule has 0 saturated carbocycles. The molecule has 0 aromatic heterocycles. The van der Waals surface area contributed by atoms with Gasteiger partial charge in [-0.25, -0.2) is 0 Å². The molecule has 1 nitrogen and oxygen atoms in total. The molecule has 0 fully saturated rings. The molecule has 0 aliphatic carbocycles. The lowest BCUT2D eigenvalue weighted by atomic mass is 10.8. The van der Waals surface area contributed by atoms with Crippen molar-refractivity contribution in [1.29, 1.82) is 0 Å². The predicted molar refractivity (Wildman–Crippen MR) is 45.4 cm³/mol. The van der Waals surface area contributed by atoms with Gasteiger partial charge in [0.15, 0.2) is 0 Å². The molecule has 0 radical (unpaired) electrons. The van der Waals surface area contributed by atoms with Crippen LogP contribution in [0.15, 0.2) is 23.8 Å². The Balaban J connectivity index is 3.51. The summed E-state index contributed by atoms with van der Waals surface area (Å²) in [6.07, 6.45) is 5.31. The SMILES string of the molecule is CC=COS(=S)C=CC. The smallest absolute Gasteiger partial charge is 0.0975 e. The van der Waals surface area contributed by atoms with Gasteiger partial charge in [-0.05, 0) is 25.0 Å². The molecule has 9 heavy (non-hydrogen) atoms. The third-order valence-corrected chi connectivity index (χ3v) is 1.90. The molecule has 0 aromatic rings. The van der Waals surface area contributed by atoms with Crippen LogP contribution in [0, 0.1) is 0 Å². The van der Waals surface area contributed by atoms with E-state index < -0.39 is 9.74 Å². The van der Waals surface area contributed by atoms with Crippen molar-refractivity contribution in [3.63, 3.8) is 0 Å². The summed E-state index contributed by atoms with van der Waals surface area (Å²) in [5, 5.41) is 1.84. The van der Waals surface area contributed by atoms with E-state index >= 15 is 0 Å². The van der Waals surface area contributed by atoms with Gasteiger partial charge >= 0.3 is 0 Å². The first-order valence-corrected chi connectivity index (χ1v) is 4.76. The number of hydrogen-bond donors (Lipinski definition) is 0. The van der Waals surface area contributed by atoms with Gasteiger partial charge in [0.05, 0.1) is 16.0 Å². The molecule has 0 heterocycles. The molecule has 0 amide bonds. The van der Waals surface area contributed by atoms with E-state index in [9.17, 15) is 0 Å². The van der Waals surface area contributed by atoms with Crippen molar-refractivity contribution in [2.45, 2.75) is 13.8 Å². The van der Waals surface area contributed by atoms with Crippen molar-refractivity contribution in [3.8, 4) is 0 Å². The fraction of sp³-hybridized carbons (Fsp3) is 0.333. The summed E-state index contributed by atoms with van der Waals surface area (Å²) >= 11 is 4.87. The Morgan fingerprint density at radius 1 is 1.33 bits per heavy atom. The molecule has 1 unspecified atom stereocenters. The molecule has 0 saturated heterocycles. The van der Waals surface area contributed by atoms with Crippen LogP contribution < -0.4 is 0 Å². The summed E-state index contributed by atoms with van der Waals surface area (Å²) in [6.45, 7) is 3.81. The zero-order chi connectivity index (χ0) is 7.11. The van der Waals surface area contributed by atoms with Crippen LogP contribution in [0.4, 0.5) is 0 Å². The molecular weight excluding hydrogens is 152 g/mol. The molecule has 0 aliphatic heterocycles. The quantitative estimate of drug-likeness (QED) is 0.587. The first kappa shape index (κ1) is 8.85. The number of rotatable bonds is 3. The second-order valence-corrected chi connectivity index (χ2v) is 3.27. The number of allylic oxidation sites excluding steroid dienone is 2. The maximum absolute atomic E-state index is 5.01. The van der Waals surface area contributed by atoms with E-state index in [1.807, 2.05) is 31.4 Å². The van der Waals surface area contributed by atoms with E-state index in [-0.39, 0.29) is 0 Å². The lowest BCUT2D eigenvalue weighted by Gasteiger charge is -1.93. The van der Waals surface area contributed by atoms with Gasteiger partial charge in [0.1, 0.15) is 0 Å². The van der Waals surface area contributed by atoms with Gasteiger partial charge in [-0.15, -0.1) is 0 Å². The van der Waals surface area contributed by atoms with E-state index in [1.165, 1.54) is 0 Å². The Labute approximate surface area is 63.2 Å². The predicted octanol–water partition coefficient (Wildman–Crippen LogP) is 2.07. The van der Waals surface area contributed by atoms with Crippen molar-refractivity contribution < 1.29 is 4.18 Å². The zero-order valence-electron chi connectivity index (χ0n) is 5.53. The first-order valence-electron chi connectivity index (χ1n) is 2.63. The average Bonchev–Trinajstić information content (AvgIpc) is 1.85. The monoisotopic (exact) mass is 162 g/mol. The van der Waals surface area contributed by atoms with E-state index in [1.54, 1.807) is 6.26 Å². The fourth-order valence-corrected chi connectivity index (χ4v) is 1.23. The van der Waals surface area contributed by atoms with Gasteiger partial charge in [-0.1, -0.05) is 12.2 Å². The molecule has 0 rings (SSSR count). The third-order valence-electron chi connectivity index (χ3n) is 0.534. The molecule has 0 aromatic carbocycles. The second kappa shape index (κ2) is 5.98. The molecule has 0 bridgehead atoms. The van der Waals surface area contributed by atoms with E-state index in [0.717, 1.165) is 0 Å². The first-order chi connectivity index (χ1) is 4.31. The molecule has 3 heteroatoms. The average molecular weight is 162 g/mol. The Kier molecular flexibility index (Phi) is 5.88. The summed E-state index contributed by atoms with van der Waals surface area (Å²) in [4.78, 5) is 0. The van der Waals surface area contributed by atoms with Gasteiger partial charge in [-0.2, -0.15) is 0 Å². The molecule has 0 N–H and O–H groups in total. The second-order valence-electron chi connectivity index (χ2n) is 1.30. The van der Waals surface area contributed by atoms with Crippen LogP contribution in [-0.2, 0) is 25.1 Å². The Morgan fingerprint density at radius 3 is 2.44 bits per heavy atom. The molecule has 0 spiro atoms. The maximum atomic E-state index is 5.01. The van der Waals surface area contributed by atoms with Gasteiger partial charge in [0.2, 0.25) is 0 Å². The largest absolute Gasteiger partial charge is 0.428 e. The minimum atomic E-state index is -0.454. The normalized spacial score (nSPS) is 14.9. The summed E-state index contributed by atoms with van der Waals surface area (Å²) in [6, 6.07) is 0. The molecule has 1 atom stereocenters. The Hall–Kier alpha value is -0.150. The van der Waals surface area contributed by atoms with Crippen molar-refractivity contribution in [2.75, 3.05) is 0 Å². The summed E-state index contributed by atoms with van der Waals surface area (Å²) in [5.74, 6) is 0. The Morgan fingerprint density at radius 2 is 2.00 bits per heavy atom. The zero-order valence-corrected chi connectivity index (χ0v) is 7.17. The summed E-state index contributed by atoms with van der Waals surface area (Å²) < 4.78 is 5.01. The van der Waals surface area contributed by atoms with E-state index in [4.69, 9.17) is 15.4 Å². The summed E-state index contributed by atoms with van der Waals surface area (Å²) in [5.41, 5.74) is 0. The standard InChI is InChI=1S/C6H10OS2/c1-3-5-7-9(8)6-4-2/h3-6H,1-2H3. The van der Waals surface area contributed by atoms with Gasteiger partial charge < -0.3 is 4.18 Å². The van der Waals surface area contributed by atoms with Crippen molar-refractivity contribution in [2.24, 2.45) is 0 Å². The topological polar surface area (TPSA) is 9.23 Å².